The quantitative estimate of drug-likeness (QED) is 0.0980. The highest BCUT2D eigenvalue weighted by Crippen LogP contribution is 2.16. The molecule has 1 unspecified atom stereocenters. The number of halogens is 1. The topological polar surface area (TPSA) is 24.7 Å². The lowest BCUT2D eigenvalue weighted by Gasteiger charge is -2.10. The van der Waals surface area contributed by atoms with E-state index in [9.17, 15) is 4.39 Å². The Morgan fingerprint density at radius 1 is 0.857 bits per heavy atom. The van der Waals surface area contributed by atoms with E-state index in [4.69, 9.17) is 0 Å². The van der Waals surface area contributed by atoms with Gasteiger partial charge in [0.25, 0.3) is 0 Å². The molecule has 0 aliphatic heterocycles. The van der Waals surface area contributed by atoms with Gasteiger partial charge in [-0.3, -0.25) is 0 Å². The summed E-state index contributed by atoms with van der Waals surface area (Å²) in [5.41, 5.74) is 6.14. The first-order chi connectivity index (χ1) is 17.2. The molecule has 0 aliphatic carbocycles. The van der Waals surface area contributed by atoms with E-state index in [0.717, 1.165) is 53.6 Å². The molecule has 3 aromatic rings. The minimum Gasteiger partial charge on any atom is -0.247 e. The van der Waals surface area contributed by atoms with Crippen LogP contribution in [0.4, 0.5) is 4.39 Å². The molecule has 0 bridgehead atoms. The third kappa shape index (κ3) is 9.09. The molecule has 35 heavy (non-hydrogen) atoms. The fraction of sp³-hybridized carbons (Fsp3) is 0.312. The highest BCUT2D eigenvalue weighted by Gasteiger charge is 2.10. The van der Waals surface area contributed by atoms with Crippen molar-refractivity contribution in [2.75, 3.05) is 0 Å². The van der Waals surface area contributed by atoms with Gasteiger partial charge in [0, 0.05) is 17.5 Å². The number of hydrogen-bond donors (Lipinski definition) is 0. The summed E-state index contributed by atoms with van der Waals surface area (Å²) in [6.07, 6.45) is 10.5. The molecule has 0 saturated carbocycles. The van der Waals surface area contributed by atoms with E-state index in [2.05, 4.69) is 48.0 Å². The Bertz CT molecular complexity index is 1070. The Morgan fingerprint density at radius 2 is 1.54 bits per heavy atom. The molecule has 0 fully saturated rings. The number of aryl methyl sites for hydroxylation is 1. The molecule has 0 N–H and O–H groups in total. The first-order valence-corrected chi connectivity index (χ1v) is 12.8. The maximum atomic E-state index is 14.2. The van der Waals surface area contributed by atoms with E-state index in [-0.39, 0.29) is 0 Å². The molecule has 0 aliphatic rings. The second-order valence-corrected chi connectivity index (χ2v) is 8.98. The molecule has 3 aromatic carbocycles. The van der Waals surface area contributed by atoms with Crippen LogP contribution in [0, 0.1) is 0 Å². The molecule has 0 saturated heterocycles. The Labute approximate surface area is 210 Å². The van der Waals surface area contributed by atoms with Crippen LogP contribution in [0.25, 0.3) is 0 Å². The monoisotopic (exact) mass is 468 g/mol. The third-order valence-electron chi connectivity index (χ3n) is 6.07. The summed E-state index contributed by atoms with van der Waals surface area (Å²) in [5, 5.41) is 8.99. The number of benzene rings is 3. The van der Waals surface area contributed by atoms with E-state index >= 15 is 0 Å². The van der Waals surface area contributed by atoms with Crippen LogP contribution >= 0.6 is 0 Å². The first-order valence-electron chi connectivity index (χ1n) is 12.8. The number of nitrogens with zero attached hydrogens (tertiary/aromatic N) is 2. The van der Waals surface area contributed by atoms with Crippen molar-refractivity contribution in [3.05, 3.63) is 119 Å². The zero-order chi connectivity index (χ0) is 24.7. The van der Waals surface area contributed by atoms with Crippen molar-refractivity contribution in [2.24, 2.45) is 10.2 Å². The minimum atomic E-state index is -0.786. The van der Waals surface area contributed by atoms with Crippen molar-refractivity contribution >= 4 is 11.9 Å². The van der Waals surface area contributed by atoms with Crippen LogP contribution in [0.3, 0.4) is 0 Å². The zero-order valence-electron chi connectivity index (χ0n) is 20.9. The molecule has 1 atom stereocenters. The van der Waals surface area contributed by atoms with Gasteiger partial charge >= 0.3 is 0 Å². The number of rotatable bonds is 14. The summed E-state index contributed by atoms with van der Waals surface area (Å²) in [4.78, 5) is 0. The summed E-state index contributed by atoms with van der Waals surface area (Å²) >= 11 is 0. The van der Waals surface area contributed by atoms with Gasteiger partial charge in [-0.15, -0.1) is 11.7 Å². The molecular formula is C32H37FN2. The summed E-state index contributed by atoms with van der Waals surface area (Å²) in [5.74, 6) is 0. The Morgan fingerprint density at radius 3 is 2.23 bits per heavy atom. The van der Waals surface area contributed by atoms with Gasteiger partial charge < -0.3 is 0 Å². The smallest absolute Gasteiger partial charge is 0.104 e. The van der Waals surface area contributed by atoms with E-state index < -0.39 is 6.17 Å². The number of allylic oxidation sites excluding steroid dienone is 1. The lowest BCUT2D eigenvalue weighted by molar-refractivity contribution is 0.305. The average molecular weight is 469 g/mol. The summed E-state index contributed by atoms with van der Waals surface area (Å²) in [6, 6.07) is 26.6. The van der Waals surface area contributed by atoms with Crippen LogP contribution in [0.1, 0.15) is 73.3 Å². The average Bonchev–Trinajstić information content (AvgIpc) is 2.90. The molecule has 182 valence electrons. The van der Waals surface area contributed by atoms with Gasteiger partial charge in [-0.25, -0.2) is 4.39 Å². The molecule has 3 heteroatoms. The normalized spacial score (nSPS) is 12.7. The van der Waals surface area contributed by atoms with E-state index in [1.807, 2.05) is 60.7 Å². The van der Waals surface area contributed by atoms with E-state index in [1.54, 1.807) is 6.21 Å². The van der Waals surface area contributed by atoms with Crippen molar-refractivity contribution in [2.45, 2.75) is 64.5 Å². The van der Waals surface area contributed by atoms with Crippen LogP contribution in [0.2, 0.25) is 0 Å². The summed E-state index contributed by atoms with van der Waals surface area (Å²) in [7, 11) is 0. The second-order valence-electron chi connectivity index (χ2n) is 8.98. The lowest BCUT2D eigenvalue weighted by Crippen LogP contribution is -2.06. The second kappa shape index (κ2) is 14.8. The summed E-state index contributed by atoms with van der Waals surface area (Å²) < 4.78 is 14.2. The maximum absolute atomic E-state index is 14.2. The maximum Gasteiger partial charge on any atom is 0.104 e. The van der Waals surface area contributed by atoms with Crippen LogP contribution in [0.15, 0.2) is 102 Å². The predicted octanol–water partition coefficient (Wildman–Crippen LogP) is 8.53. The van der Waals surface area contributed by atoms with Gasteiger partial charge in [-0.1, -0.05) is 105 Å². The standard InChI is InChI=1S/C32H37FN2/c1-3-5-7-9-12-26-16-18-28(19-17-26)25-34-35-32(29-13-10-8-11-14-29)30-22-20-27(21-23-30)24-31(33)15-6-4-2/h3,8,10-11,13-14,16-23,25,31H,1,4-7,9,12,15,24H2,2H3. The SMILES string of the molecule is C=CCCCCc1ccc(C=NN=C(c2ccccc2)c2ccc(CC(F)CCCC)cc2)cc1. The van der Waals surface area contributed by atoms with Crippen LogP contribution in [-0.4, -0.2) is 18.1 Å². The third-order valence-corrected chi connectivity index (χ3v) is 6.07. The Balaban J connectivity index is 1.71. The molecule has 0 aromatic heterocycles. The molecule has 0 heterocycles. The van der Waals surface area contributed by atoms with Crippen molar-refractivity contribution in [1.82, 2.24) is 0 Å². The highest BCUT2D eigenvalue weighted by atomic mass is 19.1. The molecule has 2 nitrogen and oxygen atoms in total. The molecule has 0 spiro atoms. The molecule has 0 amide bonds. The first kappa shape index (κ1) is 26.3. The fourth-order valence-corrected chi connectivity index (χ4v) is 4.00. The van der Waals surface area contributed by atoms with Crippen LogP contribution < -0.4 is 0 Å². The van der Waals surface area contributed by atoms with Crippen LogP contribution in [-0.2, 0) is 12.8 Å². The fourth-order valence-electron chi connectivity index (χ4n) is 4.00. The van der Waals surface area contributed by atoms with Crippen molar-refractivity contribution in [3.63, 3.8) is 0 Å². The number of alkyl halides is 1. The highest BCUT2D eigenvalue weighted by molar-refractivity contribution is 6.13. The van der Waals surface area contributed by atoms with Crippen molar-refractivity contribution in [3.8, 4) is 0 Å². The Kier molecular flexibility index (Phi) is 11.1. The van der Waals surface area contributed by atoms with E-state index in [1.165, 1.54) is 18.4 Å². The minimum absolute atomic E-state index is 0.459. The van der Waals surface area contributed by atoms with Gasteiger partial charge in [-0.2, -0.15) is 5.10 Å². The van der Waals surface area contributed by atoms with Gasteiger partial charge in [-0.05, 0) is 48.8 Å². The zero-order valence-corrected chi connectivity index (χ0v) is 20.9. The van der Waals surface area contributed by atoms with Crippen LogP contribution in [0.5, 0.6) is 0 Å². The van der Waals surface area contributed by atoms with Gasteiger partial charge in [0.15, 0.2) is 0 Å². The Hall–Kier alpha value is -3.33. The molecular weight excluding hydrogens is 431 g/mol. The summed E-state index contributed by atoms with van der Waals surface area (Å²) in [6.45, 7) is 5.87. The number of hydrogen-bond acceptors (Lipinski definition) is 2. The number of unbranched alkanes of at least 4 members (excludes halogenated alkanes) is 3. The van der Waals surface area contributed by atoms with Gasteiger partial charge in [0.2, 0.25) is 0 Å². The van der Waals surface area contributed by atoms with Gasteiger partial charge in [0.1, 0.15) is 11.9 Å². The van der Waals surface area contributed by atoms with Crippen molar-refractivity contribution in [1.29, 1.82) is 0 Å². The predicted molar refractivity (Wildman–Crippen MR) is 148 cm³/mol. The van der Waals surface area contributed by atoms with Crippen molar-refractivity contribution < 1.29 is 4.39 Å². The molecule has 0 radical (unpaired) electrons. The molecule has 3 rings (SSSR count). The van der Waals surface area contributed by atoms with Gasteiger partial charge in [0.05, 0.1) is 6.21 Å². The lowest BCUT2D eigenvalue weighted by atomic mass is 9.99. The largest absolute Gasteiger partial charge is 0.247 e. The van der Waals surface area contributed by atoms with E-state index in [0.29, 0.717) is 12.8 Å².